The van der Waals surface area contributed by atoms with E-state index in [9.17, 15) is 4.79 Å². The number of aromatic nitrogens is 1. The highest BCUT2D eigenvalue weighted by Crippen LogP contribution is 2.37. The molecular weight excluding hydrogens is 352 g/mol. The van der Waals surface area contributed by atoms with E-state index in [0.29, 0.717) is 13.0 Å². The number of amides is 1. The Labute approximate surface area is 164 Å². The average Bonchev–Trinajstić information content (AvgIpc) is 3.21. The molecular formula is C23H22N2O3. The van der Waals surface area contributed by atoms with Gasteiger partial charge in [0.15, 0.2) is 11.5 Å². The lowest BCUT2D eigenvalue weighted by Crippen LogP contribution is -2.27. The van der Waals surface area contributed by atoms with E-state index in [1.54, 1.807) is 6.20 Å². The lowest BCUT2D eigenvalue weighted by Gasteiger charge is -2.18. The minimum atomic E-state index is -0.0471. The molecule has 0 aliphatic carbocycles. The van der Waals surface area contributed by atoms with Gasteiger partial charge in [-0.3, -0.25) is 9.78 Å². The van der Waals surface area contributed by atoms with Gasteiger partial charge in [-0.05, 0) is 41.3 Å². The molecule has 4 rings (SSSR count). The molecule has 1 atom stereocenters. The second-order valence-electron chi connectivity index (χ2n) is 6.74. The van der Waals surface area contributed by atoms with E-state index in [4.69, 9.17) is 9.47 Å². The van der Waals surface area contributed by atoms with Crippen LogP contribution in [0.15, 0.2) is 73.1 Å². The Morgan fingerprint density at radius 2 is 1.86 bits per heavy atom. The summed E-state index contributed by atoms with van der Waals surface area (Å²) in [6.45, 7) is 0.830. The minimum absolute atomic E-state index is 0.0235. The zero-order valence-corrected chi connectivity index (χ0v) is 15.5. The van der Waals surface area contributed by atoms with Crippen molar-refractivity contribution in [3.05, 3.63) is 89.7 Å². The summed E-state index contributed by atoms with van der Waals surface area (Å²) < 4.78 is 10.9. The molecule has 1 N–H and O–H groups in total. The zero-order chi connectivity index (χ0) is 19.2. The first-order valence-corrected chi connectivity index (χ1v) is 9.40. The lowest BCUT2D eigenvalue weighted by atomic mass is 9.88. The molecule has 28 heavy (non-hydrogen) atoms. The fourth-order valence-electron chi connectivity index (χ4n) is 3.39. The molecule has 142 valence electrons. The second kappa shape index (κ2) is 8.57. The molecule has 1 aromatic heterocycles. The Morgan fingerprint density at radius 1 is 1.00 bits per heavy atom. The highest BCUT2D eigenvalue weighted by molar-refractivity contribution is 5.77. The van der Waals surface area contributed by atoms with E-state index in [2.05, 4.69) is 22.4 Å². The van der Waals surface area contributed by atoms with Crippen molar-refractivity contribution in [1.82, 2.24) is 10.3 Å². The molecule has 0 fully saturated rings. The van der Waals surface area contributed by atoms with Gasteiger partial charge in [-0.1, -0.05) is 42.5 Å². The van der Waals surface area contributed by atoms with Crippen molar-refractivity contribution in [1.29, 1.82) is 0 Å². The maximum Gasteiger partial charge on any atom is 0.231 e. The highest BCUT2D eigenvalue weighted by Gasteiger charge is 2.21. The van der Waals surface area contributed by atoms with Crippen LogP contribution in [0.3, 0.4) is 0 Å². The molecule has 3 aromatic rings. The quantitative estimate of drug-likeness (QED) is 0.685. The number of fused-ring (bicyclic) bond motifs is 1. The molecule has 0 bridgehead atoms. The number of ether oxygens (including phenoxy) is 2. The summed E-state index contributed by atoms with van der Waals surface area (Å²) >= 11 is 0. The topological polar surface area (TPSA) is 60.5 Å². The van der Waals surface area contributed by atoms with Gasteiger partial charge in [0.1, 0.15) is 0 Å². The molecule has 0 saturated heterocycles. The van der Waals surface area contributed by atoms with Crippen LogP contribution >= 0.6 is 0 Å². The summed E-state index contributed by atoms with van der Waals surface area (Å²) in [5.41, 5.74) is 3.25. The minimum Gasteiger partial charge on any atom is -0.454 e. The van der Waals surface area contributed by atoms with Crippen LogP contribution in [0, 0.1) is 0 Å². The molecule has 2 heterocycles. The van der Waals surface area contributed by atoms with E-state index in [1.165, 1.54) is 0 Å². The van der Waals surface area contributed by atoms with E-state index in [1.807, 2.05) is 54.7 Å². The Hall–Kier alpha value is -3.34. The number of benzene rings is 2. The van der Waals surface area contributed by atoms with Crippen LogP contribution < -0.4 is 14.8 Å². The maximum atomic E-state index is 12.6. The van der Waals surface area contributed by atoms with Crippen LogP contribution in [-0.4, -0.2) is 24.2 Å². The second-order valence-corrected chi connectivity index (χ2v) is 6.74. The number of nitrogens with one attached hydrogen (secondary N) is 1. The Morgan fingerprint density at radius 3 is 2.68 bits per heavy atom. The highest BCUT2D eigenvalue weighted by atomic mass is 16.7. The van der Waals surface area contributed by atoms with Crippen LogP contribution in [0.25, 0.3) is 0 Å². The zero-order valence-electron chi connectivity index (χ0n) is 15.5. The van der Waals surface area contributed by atoms with Crippen molar-refractivity contribution in [2.24, 2.45) is 0 Å². The van der Waals surface area contributed by atoms with Crippen LogP contribution in [-0.2, 0) is 11.2 Å². The normalized spacial score (nSPS) is 13.1. The first-order chi connectivity index (χ1) is 13.8. The van der Waals surface area contributed by atoms with Gasteiger partial charge in [-0.2, -0.15) is 0 Å². The monoisotopic (exact) mass is 374 g/mol. The number of carbonyl (C=O) groups is 1. The van der Waals surface area contributed by atoms with Crippen LogP contribution in [0.2, 0.25) is 0 Å². The third-order valence-corrected chi connectivity index (χ3v) is 4.85. The summed E-state index contributed by atoms with van der Waals surface area (Å²) in [5.74, 6) is 1.46. The molecule has 5 nitrogen and oxygen atoms in total. The van der Waals surface area contributed by atoms with Gasteiger partial charge in [-0.15, -0.1) is 0 Å². The maximum absolute atomic E-state index is 12.6. The van der Waals surface area contributed by atoms with Gasteiger partial charge in [0.25, 0.3) is 0 Å². The van der Waals surface area contributed by atoms with Gasteiger partial charge < -0.3 is 14.8 Å². The van der Waals surface area contributed by atoms with Crippen molar-refractivity contribution >= 4 is 5.91 Å². The predicted molar refractivity (Wildman–Crippen MR) is 106 cm³/mol. The Kier molecular flexibility index (Phi) is 5.52. The van der Waals surface area contributed by atoms with Crippen molar-refractivity contribution < 1.29 is 14.3 Å². The van der Waals surface area contributed by atoms with Crippen LogP contribution in [0.4, 0.5) is 0 Å². The first kappa shape index (κ1) is 18.0. The largest absolute Gasteiger partial charge is 0.454 e. The Bertz CT molecular complexity index is 929. The first-order valence-electron chi connectivity index (χ1n) is 9.40. The Balaban J connectivity index is 1.46. The van der Waals surface area contributed by atoms with Gasteiger partial charge in [-0.25, -0.2) is 0 Å². The number of rotatable bonds is 7. The number of pyridine rings is 1. The standard InChI is InChI=1S/C23H22N2O3/c26-23(25-12-10-17-5-4-11-24-15-17)14-20(18-6-2-1-3-7-18)19-8-9-21-22(13-19)28-16-27-21/h1-9,11,13,15,20H,10,12,14,16H2,(H,25,26). The van der Waals surface area contributed by atoms with Gasteiger partial charge in [0.2, 0.25) is 12.7 Å². The van der Waals surface area contributed by atoms with E-state index < -0.39 is 0 Å². The van der Waals surface area contributed by atoms with Gasteiger partial charge in [0, 0.05) is 31.3 Å². The molecule has 2 aromatic carbocycles. The predicted octanol–water partition coefficient (Wildman–Crippen LogP) is 3.69. The fourth-order valence-corrected chi connectivity index (χ4v) is 3.39. The summed E-state index contributed by atoms with van der Waals surface area (Å²) in [7, 11) is 0. The van der Waals surface area contributed by atoms with Crippen LogP contribution in [0.5, 0.6) is 11.5 Å². The van der Waals surface area contributed by atoms with Crippen molar-refractivity contribution in [2.75, 3.05) is 13.3 Å². The molecule has 5 heteroatoms. The number of hydrogen-bond acceptors (Lipinski definition) is 4. The third kappa shape index (κ3) is 4.31. The van der Waals surface area contributed by atoms with Crippen molar-refractivity contribution in [2.45, 2.75) is 18.8 Å². The van der Waals surface area contributed by atoms with E-state index >= 15 is 0 Å². The van der Waals surface area contributed by atoms with E-state index in [0.717, 1.165) is 34.6 Å². The molecule has 1 aliphatic heterocycles. The smallest absolute Gasteiger partial charge is 0.231 e. The summed E-state index contributed by atoms with van der Waals surface area (Å²) in [5, 5.41) is 3.03. The van der Waals surface area contributed by atoms with Crippen molar-refractivity contribution in [3.63, 3.8) is 0 Å². The third-order valence-electron chi connectivity index (χ3n) is 4.85. The summed E-state index contributed by atoms with van der Waals surface area (Å²) in [6.07, 6.45) is 4.71. The summed E-state index contributed by atoms with van der Waals surface area (Å²) in [4.78, 5) is 16.7. The van der Waals surface area contributed by atoms with E-state index in [-0.39, 0.29) is 18.6 Å². The lowest BCUT2D eigenvalue weighted by molar-refractivity contribution is -0.121. The molecule has 1 aliphatic rings. The number of carbonyl (C=O) groups excluding carboxylic acids is 1. The summed E-state index contributed by atoms with van der Waals surface area (Å²) in [6, 6.07) is 19.9. The molecule has 1 unspecified atom stereocenters. The molecule has 0 saturated carbocycles. The average molecular weight is 374 g/mol. The molecule has 1 amide bonds. The number of hydrogen-bond donors (Lipinski definition) is 1. The molecule has 0 spiro atoms. The van der Waals surface area contributed by atoms with Crippen LogP contribution in [0.1, 0.15) is 29.0 Å². The van der Waals surface area contributed by atoms with Gasteiger partial charge in [0.05, 0.1) is 0 Å². The fraction of sp³-hybridized carbons (Fsp3) is 0.217. The SMILES string of the molecule is O=C(CC(c1ccccc1)c1ccc2c(c1)OCO2)NCCc1cccnc1. The van der Waals surface area contributed by atoms with Crippen molar-refractivity contribution in [3.8, 4) is 11.5 Å². The van der Waals surface area contributed by atoms with Gasteiger partial charge >= 0.3 is 0 Å². The number of nitrogens with zero attached hydrogens (tertiary/aromatic N) is 1. The molecule has 0 radical (unpaired) electrons.